The minimum Gasteiger partial charge on any atom is -0.478 e. The van der Waals surface area contributed by atoms with Crippen molar-refractivity contribution in [2.45, 2.75) is 20.3 Å². The molecule has 0 heterocycles. The zero-order chi connectivity index (χ0) is 20.8. The van der Waals surface area contributed by atoms with Crippen molar-refractivity contribution in [3.63, 3.8) is 0 Å². The molecule has 5 heteroatoms. The molecule has 0 aromatic heterocycles. The third-order valence-electron chi connectivity index (χ3n) is 3.03. The molecule has 0 aliphatic carbocycles. The van der Waals surface area contributed by atoms with Crippen molar-refractivity contribution in [1.29, 1.82) is 0 Å². The molecular weight excluding hydrogens is 344 g/mol. The standard InChI is InChI=1S/C14H12O.2C4H6O2/c15-14(13-9-5-2-6-10-13)11-12-7-3-1-4-8-12;2*1-3(2)4(5)6/h1-10H,11H2;2*1H2,2H3,(H,5,6). The Hall–Kier alpha value is -3.47. The molecule has 0 atom stereocenters. The van der Waals surface area contributed by atoms with Crippen LogP contribution in [0.15, 0.2) is 85.0 Å². The van der Waals surface area contributed by atoms with E-state index in [0.717, 1.165) is 11.1 Å². The maximum Gasteiger partial charge on any atom is 0.330 e. The summed E-state index contributed by atoms with van der Waals surface area (Å²) in [6.45, 7) is 9.20. The van der Waals surface area contributed by atoms with Crippen molar-refractivity contribution >= 4 is 17.7 Å². The smallest absolute Gasteiger partial charge is 0.330 e. The van der Waals surface area contributed by atoms with Gasteiger partial charge in [0.15, 0.2) is 5.78 Å². The number of carbonyl (C=O) groups excluding carboxylic acids is 1. The molecular formula is C22H24O5. The zero-order valence-corrected chi connectivity index (χ0v) is 15.5. The first-order valence-corrected chi connectivity index (χ1v) is 8.05. The van der Waals surface area contributed by atoms with Crippen molar-refractivity contribution in [2.24, 2.45) is 0 Å². The van der Waals surface area contributed by atoms with Crippen LogP contribution in [0.4, 0.5) is 0 Å². The van der Waals surface area contributed by atoms with Crippen LogP contribution in [0.3, 0.4) is 0 Å². The first kappa shape index (κ1) is 23.5. The number of carbonyl (C=O) groups is 3. The van der Waals surface area contributed by atoms with E-state index in [1.807, 2.05) is 60.7 Å². The van der Waals surface area contributed by atoms with Crippen molar-refractivity contribution in [3.05, 3.63) is 96.1 Å². The van der Waals surface area contributed by atoms with Crippen molar-refractivity contribution in [2.75, 3.05) is 0 Å². The van der Waals surface area contributed by atoms with Gasteiger partial charge in [-0.15, -0.1) is 0 Å². The van der Waals surface area contributed by atoms with Gasteiger partial charge in [-0.2, -0.15) is 0 Å². The monoisotopic (exact) mass is 368 g/mol. The van der Waals surface area contributed by atoms with Crippen molar-refractivity contribution < 1.29 is 24.6 Å². The van der Waals surface area contributed by atoms with E-state index < -0.39 is 11.9 Å². The topological polar surface area (TPSA) is 91.7 Å². The van der Waals surface area contributed by atoms with E-state index in [2.05, 4.69) is 13.2 Å². The molecule has 2 aromatic rings. The summed E-state index contributed by atoms with van der Waals surface area (Å²) in [4.78, 5) is 31.0. The van der Waals surface area contributed by atoms with E-state index in [1.165, 1.54) is 13.8 Å². The Bertz CT molecular complexity index is 729. The molecule has 0 amide bonds. The Morgan fingerprint density at radius 2 is 1.07 bits per heavy atom. The van der Waals surface area contributed by atoms with Crippen LogP contribution in [0.1, 0.15) is 29.8 Å². The molecule has 2 N–H and O–H groups in total. The Kier molecular flexibility index (Phi) is 11.2. The van der Waals surface area contributed by atoms with E-state index >= 15 is 0 Å². The molecule has 0 saturated carbocycles. The first-order valence-electron chi connectivity index (χ1n) is 8.05. The second kappa shape index (κ2) is 12.8. The van der Waals surface area contributed by atoms with Crippen LogP contribution in [0.2, 0.25) is 0 Å². The summed E-state index contributed by atoms with van der Waals surface area (Å²) < 4.78 is 0. The lowest BCUT2D eigenvalue weighted by atomic mass is 10.0. The lowest BCUT2D eigenvalue weighted by Crippen LogP contribution is -2.02. The summed E-state index contributed by atoms with van der Waals surface area (Å²) in [7, 11) is 0. The van der Waals surface area contributed by atoms with Crippen LogP contribution < -0.4 is 0 Å². The number of aliphatic carboxylic acids is 2. The van der Waals surface area contributed by atoms with Gasteiger partial charge in [0.2, 0.25) is 0 Å². The third kappa shape index (κ3) is 11.7. The number of hydrogen-bond donors (Lipinski definition) is 2. The van der Waals surface area contributed by atoms with Crippen molar-refractivity contribution in [1.82, 2.24) is 0 Å². The molecule has 0 aliphatic heterocycles. The maximum atomic E-state index is 11.8. The van der Waals surface area contributed by atoms with Crippen LogP contribution in [0, 0.1) is 0 Å². The number of carboxylic acid groups (broad SMARTS) is 2. The van der Waals surface area contributed by atoms with Gasteiger partial charge in [0.1, 0.15) is 0 Å². The minimum atomic E-state index is -0.935. The van der Waals surface area contributed by atoms with Gasteiger partial charge in [0.25, 0.3) is 0 Å². The van der Waals surface area contributed by atoms with E-state index in [4.69, 9.17) is 10.2 Å². The molecule has 2 rings (SSSR count). The highest BCUT2D eigenvalue weighted by molar-refractivity contribution is 5.97. The second-order valence-electron chi connectivity index (χ2n) is 5.62. The fourth-order valence-electron chi connectivity index (χ4n) is 1.51. The van der Waals surface area contributed by atoms with Gasteiger partial charge in [0.05, 0.1) is 0 Å². The average molecular weight is 368 g/mol. The van der Waals surface area contributed by atoms with Crippen LogP contribution >= 0.6 is 0 Å². The van der Waals surface area contributed by atoms with E-state index in [1.54, 1.807) is 0 Å². The molecule has 0 radical (unpaired) electrons. The number of Topliss-reactive ketones (excluding diaryl/α,β-unsaturated/α-hetero) is 1. The molecule has 142 valence electrons. The van der Waals surface area contributed by atoms with E-state index in [0.29, 0.717) is 6.42 Å². The Morgan fingerprint density at radius 1 is 0.741 bits per heavy atom. The molecule has 0 spiro atoms. The Labute approximate surface area is 159 Å². The highest BCUT2D eigenvalue weighted by atomic mass is 16.4. The first-order chi connectivity index (χ1) is 12.6. The normalized spacial score (nSPS) is 8.81. The fraction of sp³-hybridized carbons (Fsp3) is 0.136. The van der Waals surface area contributed by atoms with Gasteiger partial charge in [-0.3, -0.25) is 4.79 Å². The third-order valence-corrected chi connectivity index (χ3v) is 3.03. The van der Waals surface area contributed by atoms with Crippen LogP contribution in [0.25, 0.3) is 0 Å². The largest absolute Gasteiger partial charge is 0.478 e. The van der Waals surface area contributed by atoms with Crippen molar-refractivity contribution in [3.8, 4) is 0 Å². The minimum absolute atomic E-state index is 0.168. The molecule has 2 aromatic carbocycles. The molecule has 0 fully saturated rings. The number of rotatable bonds is 5. The van der Waals surface area contributed by atoms with Crippen LogP contribution in [-0.2, 0) is 16.0 Å². The summed E-state index contributed by atoms with van der Waals surface area (Å²) in [6.07, 6.45) is 0.477. The SMILES string of the molecule is C=C(C)C(=O)O.C=C(C)C(=O)O.O=C(Cc1ccccc1)c1ccccc1. The quantitative estimate of drug-likeness (QED) is 0.603. The fourth-order valence-corrected chi connectivity index (χ4v) is 1.51. The Morgan fingerprint density at radius 3 is 1.41 bits per heavy atom. The summed E-state index contributed by atoms with van der Waals surface area (Å²) >= 11 is 0. The number of ketones is 1. The Balaban J connectivity index is 0.000000470. The molecule has 5 nitrogen and oxygen atoms in total. The summed E-state index contributed by atoms with van der Waals surface area (Å²) in [6, 6.07) is 19.2. The second-order valence-corrected chi connectivity index (χ2v) is 5.62. The highest BCUT2D eigenvalue weighted by Crippen LogP contribution is 2.06. The lowest BCUT2D eigenvalue weighted by Gasteiger charge is -2.00. The van der Waals surface area contributed by atoms with Gasteiger partial charge in [-0.1, -0.05) is 73.8 Å². The molecule has 0 saturated heterocycles. The van der Waals surface area contributed by atoms with E-state index in [-0.39, 0.29) is 16.9 Å². The molecule has 0 unspecified atom stereocenters. The van der Waals surface area contributed by atoms with Gasteiger partial charge in [-0.05, 0) is 19.4 Å². The predicted octanol–water partition coefficient (Wildman–Crippen LogP) is 4.41. The van der Waals surface area contributed by atoms with Crippen LogP contribution in [0.5, 0.6) is 0 Å². The number of carboxylic acids is 2. The summed E-state index contributed by atoms with van der Waals surface area (Å²) in [5.74, 6) is -1.70. The van der Waals surface area contributed by atoms with Gasteiger partial charge in [-0.25, -0.2) is 9.59 Å². The molecule has 0 bridgehead atoms. The molecule has 0 aliphatic rings. The number of hydrogen-bond acceptors (Lipinski definition) is 3. The zero-order valence-electron chi connectivity index (χ0n) is 15.5. The lowest BCUT2D eigenvalue weighted by molar-refractivity contribution is -0.133. The summed E-state index contributed by atoms with van der Waals surface area (Å²) in [5, 5.41) is 15.8. The van der Waals surface area contributed by atoms with Gasteiger partial charge >= 0.3 is 11.9 Å². The summed E-state index contributed by atoms with van der Waals surface area (Å²) in [5.41, 5.74) is 2.19. The average Bonchev–Trinajstić information content (AvgIpc) is 2.64. The van der Waals surface area contributed by atoms with Crippen LogP contribution in [-0.4, -0.2) is 27.9 Å². The van der Waals surface area contributed by atoms with E-state index in [9.17, 15) is 14.4 Å². The highest BCUT2D eigenvalue weighted by Gasteiger charge is 2.05. The van der Waals surface area contributed by atoms with Gasteiger partial charge < -0.3 is 10.2 Å². The maximum absolute atomic E-state index is 11.8. The number of benzene rings is 2. The predicted molar refractivity (Wildman–Crippen MR) is 106 cm³/mol. The van der Waals surface area contributed by atoms with Gasteiger partial charge in [0, 0.05) is 23.1 Å². The molecule has 27 heavy (non-hydrogen) atoms.